The number of aliphatic hydroxyl groups excluding tert-OH is 1. The molecule has 88 valence electrons. The van der Waals surface area contributed by atoms with Crippen molar-refractivity contribution in [2.24, 2.45) is 0 Å². The highest BCUT2D eigenvalue weighted by Crippen LogP contribution is 2.31. The van der Waals surface area contributed by atoms with Crippen LogP contribution in [0.4, 0.5) is 0 Å². The number of hydrogen-bond acceptors (Lipinski definition) is 3. The number of Topliss-reactive ketones (excluding diaryl/α,β-unsaturated/α-hetero) is 1. The molecule has 0 aromatic heterocycles. The molecule has 1 aromatic rings. The maximum absolute atomic E-state index is 11.4. The number of thioether (sulfide) groups is 1. The lowest BCUT2D eigenvalue weighted by Crippen LogP contribution is -2.02. The number of rotatable bonds is 5. The Bertz CT molecular complexity index is 379. The summed E-state index contributed by atoms with van der Waals surface area (Å²) < 4.78 is 0.969. The fourth-order valence-corrected chi connectivity index (χ4v) is 3.05. The summed E-state index contributed by atoms with van der Waals surface area (Å²) in [5.41, 5.74) is 0.748. The van der Waals surface area contributed by atoms with Crippen LogP contribution in [-0.2, 0) is 0 Å². The van der Waals surface area contributed by atoms with E-state index in [-0.39, 0.29) is 12.4 Å². The molecular formula is C12H15BrO2S. The minimum atomic E-state index is 0.0752. The van der Waals surface area contributed by atoms with Crippen LogP contribution in [0.15, 0.2) is 27.6 Å². The second kappa shape index (κ2) is 6.42. The fourth-order valence-electron chi connectivity index (χ4n) is 1.34. The average Bonchev–Trinajstić information content (AvgIpc) is 2.17. The third-order valence-electron chi connectivity index (χ3n) is 2.19. The molecule has 2 nitrogen and oxygen atoms in total. The van der Waals surface area contributed by atoms with Gasteiger partial charge >= 0.3 is 0 Å². The van der Waals surface area contributed by atoms with Crippen LogP contribution in [0.3, 0.4) is 0 Å². The molecule has 4 heteroatoms. The van der Waals surface area contributed by atoms with E-state index < -0.39 is 0 Å². The summed E-state index contributed by atoms with van der Waals surface area (Å²) in [6, 6.07) is 5.66. The lowest BCUT2D eigenvalue weighted by molar-refractivity contribution is 0.101. The van der Waals surface area contributed by atoms with E-state index in [1.165, 1.54) is 0 Å². The first-order valence-corrected chi connectivity index (χ1v) is 6.80. The van der Waals surface area contributed by atoms with Crippen molar-refractivity contribution in [1.29, 1.82) is 0 Å². The molecule has 0 heterocycles. The molecule has 0 aliphatic heterocycles. The van der Waals surface area contributed by atoms with Gasteiger partial charge in [0, 0.05) is 26.8 Å². The predicted octanol–water partition coefficient (Wildman–Crippen LogP) is 3.51. The molecule has 0 spiro atoms. The standard InChI is InChI=1S/C12H15BrO2S/c1-8(5-6-14)16-12-7-10(13)3-4-11(12)9(2)15/h3-4,7-8,14H,5-6H2,1-2H3. The summed E-state index contributed by atoms with van der Waals surface area (Å²) >= 11 is 5.03. The third kappa shape index (κ3) is 3.92. The molecule has 1 rings (SSSR count). The normalized spacial score (nSPS) is 12.5. The van der Waals surface area contributed by atoms with Crippen LogP contribution in [0, 0.1) is 0 Å². The maximum atomic E-state index is 11.4. The van der Waals surface area contributed by atoms with Crippen molar-refractivity contribution < 1.29 is 9.90 Å². The van der Waals surface area contributed by atoms with Crippen LogP contribution in [0.2, 0.25) is 0 Å². The van der Waals surface area contributed by atoms with Crippen molar-refractivity contribution in [3.63, 3.8) is 0 Å². The molecule has 0 aliphatic rings. The van der Waals surface area contributed by atoms with Crippen molar-refractivity contribution in [1.82, 2.24) is 0 Å². The van der Waals surface area contributed by atoms with Crippen molar-refractivity contribution >= 4 is 33.5 Å². The van der Waals surface area contributed by atoms with Gasteiger partial charge in [0.05, 0.1) is 0 Å². The van der Waals surface area contributed by atoms with E-state index in [1.54, 1.807) is 18.7 Å². The first-order valence-electron chi connectivity index (χ1n) is 5.12. The zero-order valence-electron chi connectivity index (χ0n) is 9.37. The Morgan fingerprint density at radius 3 is 2.81 bits per heavy atom. The number of hydrogen-bond donors (Lipinski definition) is 1. The predicted molar refractivity (Wildman–Crippen MR) is 71.2 cm³/mol. The monoisotopic (exact) mass is 302 g/mol. The third-order valence-corrected chi connectivity index (χ3v) is 3.91. The molecule has 0 saturated carbocycles. The Labute approximate surface area is 109 Å². The molecule has 16 heavy (non-hydrogen) atoms. The topological polar surface area (TPSA) is 37.3 Å². The Morgan fingerprint density at radius 2 is 2.25 bits per heavy atom. The van der Waals surface area contributed by atoms with E-state index in [4.69, 9.17) is 5.11 Å². The molecule has 1 aromatic carbocycles. The van der Waals surface area contributed by atoms with Gasteiger partial charge in [-0.15, -0.1) is 11.8 Å². The Morgan fingerprint density at radius 1 is 1.56 bits per heavy atom. The van der Waals surface area contributed by atoms with Gasteiger partial charge in [0.2, 0.25) is 0 Å². The number of ketones is 1. The number of carbonyl (C=O) groups is 1. The van der Waals surface area contributed by atoms with Gasteiger partial charge in [0.15, 0.2) is 5.78 Å². The highest BCUT2D eigenvalue weighted by atomic mass is 79.9. The molecule has 0 radical (unpaired) electrons. The van der Waals surface area contributed by atoms with E-state index in [1.807, 2.05) is 25.1 Å². The van der Waals surface area contributed by atoms with Gasteiger partial charge in [-0.25, -0.2) is 0 Å². The SMILES string of the molecule is CC(=O)c1ccc(Br)cc1SC(C)CCO. The first kappa shape index (κ1) is 13.7. The van der Waals surface area contributed by atoms with Gasteiger partial charge in [-0.1, -0.05) is 22.9 Å². The number of carbonyl (C=O) groups excluding carboxylic acids is 1. The number of halogens is 1. The number of benzene rings is 1. The zero-order chi connectivity index (χ0) is 12.1. The molecule has 1 unspecified atom stereocenters. The lowest BCUT2D eigenvalue weighted by atomic mass is 10.1. The second-order valence-corrected chi connectivity index (χ2v) is 6.03. The summed E-state index contributed by atoms with van der Waals surface area (Å²) in [6.45, 7) is 3.80. The summed E-state index contributed by atoms with van der Waals surface area (Å²) in [4.78, 5) is 12.4. The van der Waals surface area contributed by atoms with Gasteiger partial charge in [-0.05, 0) is 31.5 Å². The minimum absolute atomic E-state index is 0.0752. The second-order valence-electron chi connectivity index (χ2n) is 3.64. The highest BCUT2D eigenvalue weighted by molar-refractivity contribution is 9.10. The molecule has 0 saturated heterocycles. The number of aliphatic hydroxyl groups is 1. The van der Waals surface area contributed by atoms with E-state index in [0.717, 1.165) is 21.4 Å². The van der Waals surface area contributed by atoms with Crippen molar-refractivity contribution in [2.45, 2.75) is 30.4 Å². The van der Waals surface area contributed by atoms with Crippen LogP contribution in [0.1, 0.15) is 30.6 Å². The summed E-state index contributed by atoms with van der Waals surface area (Å²) in [7, 11) is 0. The molecular weight excluding hydrogens is 288 g/mol. The summed E-state index contributed by atoms with van der Waals surface area (Å²) in [5, 5.41) is 9.16. The van der Waals surface area contributed by atoms with Gasteiger partial charge in [0.25, 0.3) is 0 Å². The van der Waals surface area contributed by atoms with Gasteiger partial charge in [-0.2, -0.15) is 0 Å². The maximum Gasteiger partial charge on any atom is 0.160 e. The van der Waals surface area contributed by atoms with Crippen molar-refractivity contribution in [3.8, 4) is 0 Å². The van der Waals surface area contributed by atoms with Crippen LogP contribution in [-0.4, -0.2) is 22.7 Å². The fraction of sp³-hybridized carbons (Fsp3) is 0.417. The summed E-state index contributed by atoms with van der Waals surface area (Å²) in [5.74, 6) is 0.0752. The first-order chi connectivity index (χ1) is 7.54. The van der Waals surface area contributed by atoms with Gasteiger partial charge < -0.3 is 5.11 Å². The van der Waals surface area contributed by atoms with Crippen LogP contribution in [0.5, 0.6) is 0 Å². The van der Waals surface area contributed by atoms with Gasteiger partial charge in [-0.3, -0.25) is 4.79 Å². The van der Waals surface area contributed by atoms with Crippen LogP contribution in [0.25, 0.3) is 0 Å². The smallest absolute Gasteiger partial charge is 0.160 e. The molecule has 1 atom stereocenters. The van der Waals surface area contributed by atoms with Crippen LogP contribution < -0.4 is 0 Å². The van der Waals surface area contributed by atoms with Crippen LogP contribution >= 0.6 is 27.7 Å². The minimum Gasteiger partial charge on any atom is -0.396 e. The molecule has 0 amide bonds. The quantitative estimate of drug-likeness (QED) is 0.668. The molecule has 0 aliphatic carbocycles. The van der Waals surface area contributed by atoms with E-state index in [2.05, 4.69) is 15.9 Å². The van der Waals surface area contributed by atoms with E-state index in [9.17, 15) is 4.79 Å². The molecule has 1 N–H and O–H groups in total. The van der Waals surface area contributed by atoms with E-state index >= 15 is 0 Å². The largest absolute Gasteiger partial charge is 0.396 e. The average molecular weight is 303 g/mol. The summed E-state index contributed by atoms with van der Waals surface area (Å²) in [6.07, 6.45) is 0.731. The van der Waals surface area contributed by atoms with E-state index in [0.29, 0.717) is 5.25 Å². The lowest BCUT2D eigenvalue weighted by Gasteiger charge is -2.12. The molecule has 0 bridgehead atoms. The van der Waals surface area contributed by atoms with Crippen molar-refractivity contribution in [3.05, 3.63) is 28.2 Å². The van der Waals surface area contributed by atoms with Crippen molar-refractivity contribution in [2.75, 3.05) is 6.61 Å². The Balaban J connectivity index is 2.92. The van der Waals surface area contributed by atoms with Gasteiger partial charge in [0.1, 0.15) is 0 Å². The zero-order valence-corrected chi connectivity index (χ0v) is 11.8. The Hall–Kier alpha value is -0.320. The molecule has 0 fully saturated rings. The highest BCUT2D eigenvalue weighted by Gasteiger charge is 2.11. The Kier molecular flexibility index (Phi) is 5.52.